The maximum atomic E-state index is 14.1. The molecule has 6 heteroatoms. The Morgan fingerprint density at radius 2 is 2.19 bits per heavy atom. The summed E-state index contributed by atoms with van der Waals surface area (Å²) in [6, 6.07) is 4.52. The van der Waals surface area contributed by atoms with Crippen molar-refractivity contribution < 1.29 is 9.18 Å². The first-order valence-electron chi connectivity index (χ1n) is 6.79. The molecule has 0 saturated carbocycles. The van der Waals surface area contributed by atoms with Gasteiger partial charge in [0, 0.05) is 29.0 Å². The molecular weight excluding hydrogens is 293 g/mol. The van der Waals surface area contributed by atoms with Crippen LogP contribution in [0.25, 0.3) is 0 Å². The lowest BCUT2D eigenvalue weighted by Gasteiger charge is -2.25. The van der Waals surface area contributed by atoms with E-state index in [9.17, 15) is 9.18 Å². The smallest absolute Gasteiger partial charge is 0.226 e. The number of carbonyl (C=O) groups excluding carboxylic acids is 1. The van der Waals surface area contributed by atoms with Gasteiger partial charge in [-0.25, -0.2) is 9.07 Å². The first-order chi connectivity index (χ1) is 9.97. The van der Waals surface area contributed by atoms with E-state index in [1.165, 1.54) is 12.1 Å². The molecule has 0 saturated heterocycles. The van der Waals surface area contributed by atoms with E-state index in [4.69, 9.17) is 11.6 Å². The van der Waals surface area contributed by atoms with Crippen molar-refractivity contribution in [3.8, 4) is 0 Å². The molecule has 110 valence electrons. The van der Waals surface area contributed by atoms with Crippen molar-refractivity contribution in [2.24, 2.45) is 0 Å². The van der Waals surface area contributed by atoms with Crippen molar-refractivity contribution in [3.05, 3.63) is 46.4 Å². The summed E-state index contributed by atoms with van der Waals surface area (Å²) >= 11 is 5.97. The molecule has 1 N–H and O–H groups in total. The first-order valence-corrected chi connectivity index (χ1v) is 7.17. The Balaban J connectivity index is 2.13. The van der Waals surface area contributed by atoms with Crippen molar-refractivity contribution in [1.82, 2.24) is 9.78 Å². The topological polar surface area (TPSA) is 46.9 Å². The molecule has 0 spiro atoms. The summed E-state index contributed by atoms with van der Waals surface area (Å²) in [5, 5.41) is 7.59. The molecule has 4 nitrogen and oxygen atoms in total. The molecule has 1 unspecified atom stereocenters. The molecule has 0 fully saturated rings. The van der Waals surface area contributed by atoms with E-state index in [0.29, 0.717) is 16.4 Å². The highest BCUT2D eigenvalue weighted by atomic mass is 35.5. The van der Waals surface area contributed by atoms with Crippen LogP contribution in [-0.2, 0) is 4.79 Å². The van der Waals surface area contributed by atoms with Crippen LogP contribution in [0.2, 0.25) is 5.02 Å². The predicted octanol–water partition coefficient (Wildman–Crippen LogP) is 3.73. The number of nitrogens with one attached hydrogen (secondary N) is 1. The van der Waals surface area contributed by atoms with Gasteiger partial charge in [-0.2, -0.15) is 5.10 Å². The highest BCUT2D eigenvalue weighted by Crippen LogP contribution is 2.39. The van der Waals surface area contributed by atoms with Gasteiger partial charge in [0.25, 0.3) is 0 Å². The Hall–Kier alpha value is -1.88. The molecule has 1 atom stereocenters. The van der Waals surface area contributed by atoms with Crippen LogP contribution in [0.3, 0.4) is 0 Å². The van der Waals surface area contributed by atoms with Gasteiger partial charge in [-0.15, -0.1) is 0 Å². The molecule has 0 aliphatic carbocycles. The number of aromatic nitrogens is 2. The van der Waals surface area contributed by atoms with Gasteiger partial charge >= 0.3 is 0 Å². The molecule has 1 aromatic carbocycles. The second kappa shape index (κ2) is 5.15. The van der Waals surface area contributed by atoms with E-state index in [1.807, 2.05) is 13.8 Å². The Labute approximate surface area is 126 Å². The van der Waals surface area contributed by atoms with E-state index in [1.54, 1.807) is 16.9 Å². The number of benzene rings is 1. The van der Waals surface area contributed by atoms with Crippen molar-refractivity contribution >= 4 is 23.3 Å². The van der Waals surface area contributed by atoms with Crippen molar-refractivity contribution in [3.63, 3.8) is 0 Å². The molecule has 1 aliphatic rings. The molecule has 1 aromatic heterocycles. The van der Waals surface area contributed by atoms with Crippen LogP contribution in [0.15, 0.2) is 24.4 Å². The van der Waals surface area contributed by atoms with Gasteiger partial charge in [-0.1, -0.05) is 11.6 Å². The van der Waals surface area contributed by atoms with Crippen LogP contribution in [0.5, 0.6) is 0 Å². The third-order valence-electron chi connectivity index (χ3n) is 3.67. The Morgan fingerprint density at radius 1 is 1.43 bits per heavy atom. The highest BCUT2D eigenvalue weighted by Gasteiger charge is 2.32. The quantitative estimate of drug-likeness (QED) is 0.919. The van der Waals surface area contributed by atoms with Gasteiger partial charge in [-0.3, -0.25) is 4.79 Å². The minimum absolute atomic E-state index is 0.108. The van der Waals surface area contributed by atoms with Gasteiger partial charge in [0.1, 0.15) is 11.6 Å². The molecule has 21 heavy (non-hydrogen) atoms. The molecule has 0 radical (unpaired) electrons. The fourth-order valence-electron chi connectivity index (χ4n) is 2.69. The molecular formula is C15H15ClFN3O. The lowest BCUT2D eigenvalue weighted by Crippen LogP contribution is -2.25. The number of nitrogens with zero attached hydrogens (tertiary/aromatic N) is 2. The summed E-state index contributed by atoms with van der Waals surface area (Å²) in [6.07, 6.45) is 1.88. The van der Waals surface area contributed by atoms with Crippen LogP contribution in [0, 0.1) is 5.82 Å². The number of fused-ring (bicyclic) bond motifs is 1. The normalized spacial score (nSPS) is 17.8. The van der Waals surface area contributed by atoms with E-state index in [0.717, 1.165) is 5.56 Å². The average Bonchev–Trinajstić information content (AvgIpc) is 2.84. The third-order valence-corrected chi connectivity index (χ3v) is 3.90. The van der Waals surface area contributed by atoms with Crippen LogP contribution in [0.1, 0.15) is 43.4 Å². The largest absolute Gasteiger partial charge is 0.311 e. The number of amides is 1. The van der Waals surface area contributed by atoms with E-state index in [2.05, 4.69) is 10.4 Å². The van der Waals surface area contributed by atoms with E-state index < -0.39 is 0 Å². The number of hydrogen-bond acceptors (Lipinski definition) is 2. The number of anilines is 1. The Bertz CT molecular complexity index is 711. The number of halogens is 2. The summed E-state index contributed by atoms with van der Waals surface area (Å²) in [4.78, 5) is 12.0. The monoisotopic (exact) mass is 307 g/mol. The number of rotatable bonds is 2. The molecule has 3 rings (SSSR count). The summed E-state index contributed by atoms with van der Waals surface area (Å²) in [6.45, 7) is 3.95. The minimum atomic E-state index is -0.361. The fraction of sp³-hybridized carbons (Fsp3) is 0.333. The second-order valence-corrected chi connectivity index (χ2v) is 5.89. The van der Waals surface area contributed by atoms with Crippen molar-refractivity contribution in [2.75, 3.05) is 5.32 Å². The summed E-state index contributed by atoms with van der Waals surface area (Å²) < 4.78 is 15.9. The van der Waals surface area contributed by atoms with E-state index in [-0.39, 0.29) is 30.1 Å². The zero-order valence-corrected chi connectivity index (χ0v) is 12.5. The molecule has 2 heterocycles. The summed E-state index contributed by atoms with van der Waals surface area (Å²) in [7, 11) is 0. The molecule has 1 aliphatic heterocycles. The lowest BCUT2D eigenvalue weighted by molar-refractivity contribution is -0.116. The van der Waals surface area contributed by atoms with Crippen LogP contribution in [0.4, 0.5) is 10.2 Å². The fourth-order valence-corrected chi connectivity index (χ4v) is 2.87. The maximum Gasteiger partial charge on any atom is 0.226 e. The van der Waals surface area contributed by atoms with Crippen LogP contribution in [-0.4, -0.2) is 15.7 Å². The predicted molar refractivity (Wildman–Crippen MR) is 79.1 cm³/mol. The lowest BCUT2D eigenvalue weighted by atomic mass is 9.87. The zero-order valence-electron chi connectivity index (χ0n) is 11.7. The molecule has 2 aromatic rings. The second-order valence-electron chi connectivity index (χ2n) is 5.46. The summed E-state index contributed by atoms with van der Waals surface area (Å²) in [5.41, 5.74) is 1.26. The van der Waals surface area contributed by atoms with Gasteiger partial charge in [-0.05, 0) is 37.6 Å². The Morgan fingerprint density at radius 3 is 2.90 bits per heavy atom. The molecule has 1 amide bonds. The third kappa shape index (κ3) is 2.42. The Kier molecular flexibility index (Phi) is 3.45. The number of hydrogen-bond donors (Lipinski definition) is 1. The maximum absolute atomic E-state index is 14.1. The average molecular weight is 308 g/mol. The minimum Gasteiger partial charge on any atom is -0.311 e. The summed E-state index contributed by atoms with van der Waals surface area (Å²) in [5.74, 6) is -0.220. The van der Waals surface area contributed by atoms with Crippen LogP contribution >= 0.6 is 11.6 Å². The van der Waals surface area contributed by atoms with Crippen LogP contribution < -0.4 is 5.32 Å². The molecule has 0 bridgehead atoms. The van der Waals surface area contributed by atoms with Gasteiger partial charge in [0.15, 0.2) is 0 Å². The first kappa shape index (κ1) is 14.1. The van der Waals surface area contributed by atoms with Gasteiger partial charge in [0.05, 0.1) is 6.20 Å². The SMILES string of the molecule is CC(C)n1ncc2c1NC(=O)CC2c1cc(Cl)ccc1F. The standard InChI is InChI=1S/C15H15ClFN3O/c1-8(2)20-15-12(7-18-20)10(6-14(21)19-15)11-5-9(16)3-4-13(11)17/h3-5,7-8,10H,6H2,1-2H3,(H,19,21). The van der Waals surface area contributed by atoms with Crippen molar-refractivity contribution in [2.45, 2.75) is 32.2 Å². The van der Waals surface area contributed by atoms with Gasteiger partial charge < -0.3 is 5.32 Å². The van der Waals surface area contributed by atoms with Gasteiger partial charge in [0.2, 0.25) is 5.91 Å². The number of carbonyl (C=O) groups is 1. The zero-order chi connectivity index (χ0) is 15.1. The van der Waals surface area contributed by atoms with E-state index >= 15 is 0 Å². The highest BCUT2D eigenvalue weighted by molar-refractivity contribution is 6.30. The van der Waals surface area contributed by atoms with Crippen molar-refractivity contribution in [1.29, 1.82) is 0 Å².